The summed E-state index contributed by atoms with van der Waals surface area (Å²) in [6.07, 6.45) is 9.22. The molecule has 1 amide bonds. The first kappa shape index (κ1) is 24.1. The molecule has 0 saturated carbocycles. The van der Waals surface area contributed by atoms with Crippen LogP contribution in [0.1, 0.15) is 54.4 Å². The van der Waals surface area contributed by atoms with Gasteiger partial charge in [0.05, 0.1) is 7.11 Å². The number of fused-ring (bicyclic) bond motifs is 2. The van der Waals surface area contributed by atoms with Crippen LogP contribution in [0.25, 0.3) is 11.1 Å². The second kappa shape index (κ2) is 11.0. The van der Waals surface area contributed by atoms with E-state index in [1.165, 1.54) is 31.2 Å². The van der Waals surface area contributed by atoms with Gasteiger partial charge in [0, 0.05) is 56.9 Å². The van der Waals surface area contributed by atoms with Gasteiger partial charge >= 0.3 is 0 Å². The van der Waals surface area contributed by atoms with Gasteiger partial charge in [-0.1, -0.05) is 24.3 Å². The monoisotopic (exact) mass is 473 g/mol. The number of benzene rings is 2. The van der Waals surface area contributed by atoms with Gasteiger partial charge in [-0.3, -0.25) is 14.6 Å². The highest BCUT2D eigenvalue weighted by Crippen LogP contribution is 2.35. The van der Waals surface area contributed by atoms with Gasteiger partial charge in [0.2, 0.25) is 0 Å². The SMILES string of the molecule is C=CCN1CCC2CCC(C1)N2Cc1ccc(C(=O)N2CCCCC2)cc1-c1cccc(OC)c1. The lowest BCUT2D eigenvalue weighted by molar-refractivity contribution is 0.0724. The molecule has 5 rings (SSSR count). The quantitative estimate of drug-likeness (QED) is 0.517. The molecule has 3 aliphatic rings. The Bertz CT molecular complexity index is 1050. The van der Waals surface area contributed by atoms with Crippen LogP contribution in [0.15, 0.2) is 55.1 Å². The molecule has 2 atom stereocenters. The van der Waals surface area contributed by atoms with Gasteiger partial charge < -0.3 is 9.64 Å². The summed E-state index contributed by atoms with van der Waals surface area (Å²) in [5.41, 5.74) is 4.36. The molecule has 3 aliphatic heterocycles. The third kappa shape index (κ3) is 5.31. The van der Waals surface area contributed by atoms with Crippen molar-refractivity contribution in [2.45, 2.75) is 57.2 Å². The number of rotatable bonds is 7. The number of amides is 1. The van der Waals surface area contributed by atoms with E-state index >= 15 is 0 Å². The van der Waals surface area contributed by atoms with E-state index < -0.39 is 0 Å². The molecule has 2 bridgehead atoms. The largest absolute Gasteiger partial charge is 0.497 e. The summed E-state index contributed by atoms with van der Waals surface area (Å²) in [5.74, 6) is 1.01. The smallest absolute Gasteiger partial charge is 0.253 e. The van der Waals surface area contributed by atoms with Gasteiger partial charge in [-0.25, -0.2) is 0 Å². The molecule has 3 saturated heterocycles. The Labute approximate surface area is 210 Å². The third-order valence-electron chi connectivity index (χ3n) is 8.14. The highest BCUT2D eigenvalue weighted by molar-refractivity contribution is 5.96. The fraction of sp³-hybridized carbons (Fsp3) is 0.500. The minimum absolute atomic E-state index is 0.162. The summed E-state index contributed by atoms with van der Waals surface area (Å²) in [7, 11) is 1.71. The van der Waals surface area contributed by atoms with Gasteiger partial charge in [0.15, 0.2) is 0 Å². The molecule has 3 fully saturated rings. The minimum Gasteiger partial charge on any atom is -0.497 e. The van der Waals surface area contributed by atoms with Crippen molar-refractivity contribution in [2.75, 3.05) is 39.8 Å². The summed E-state index contributed by atoms with van der Waals surface area (Å²) >= 11 is 0. The molecule has 2 aromatic carbocycles. The van der Waals surface area contributed by atoms with E-state index in [4.69, 9.17) is 4.74 Å². The van der Waals surface area contributed by atoms with Crippen LogP contribution in [0.4, 0.5) is 0 Å². The molecule has 0 aromatic heterocycles. The van der Waals surface area contributed by atoms with Gasteiger partial charge in [-0.15, -0.1) is 6.58 Å². The van der Waals surface area contributed by atoms with Crippen LogP contribution in [0.2, 0.25) is 0 Å². The van der Waals surface area contributed by atoms with Crippen LogP contribution in [-0.2, 0) is 6.54 Å². The number of hydrogen-bond donors (Lipinski definition) is 0. The zero-order chi connectivity index (χ0) is 24.2. The number of piperidine rings is 1. The van der Waals surface area contributed by atoms with Crippen molar-refractivity contribution in [3.63, 3.8) is 0 Å². The number of likely N-dealkylation sites (tertiary alicyclic amines) is 2. The maximum Gasteiger partial charge on any atom is 0.253 e. The van der Waals surface area contributed by atoms with Crippen molar-refractivity contribution < 1.29 is 9.53 Å². The minimum atomic E-state index is 0.162. The second-order valence-corrected chi connectivity index (χ2v) is 10.4. The summed E-state index contributed by atoms with van der Waals surface area (Å²) in [4.78, 5) is 20.6. The molecular weight excluding hydrogens is 434 g/mol. The third-order valence-corrected chi connectivity index (χ3v) is 8.14. The van der Waals surface area contributed by atoms with E-state index in [0.29, 0.717) is 12.1 Å². The fourth-order valence-corrected chi connectivity index (χ4v) is 6.23. The first-order valence-corrected chi connectivity index (χ1v) is 13.3. The van der Waals surface area contributed by atoms with Crippen molar-refractivity contribution in [3.8, 4) is 16.9 Å². The normalized spacial score (nSPS) is 23.2. The van der Waals surface area contributed by atoms with Crippen LogP contribution >= 0.6 is 0 Å². The Morgan fingerprint density at radius 1 is 1.03 bits per heavy atom. The van der Waals surface area contributed by atoms with Crippen molar-refractivity contribution in [3.05, 3.63) is 66.2 Å². The Hall–Kier alpha value is -2.63. The van der Waals surface area contributed by atoms with Crippen molar-refractivity contribution in [1.29, 1.82) is 0 Å². The highest BCUT2D eigenvalue weighted by atomic mass is 16.5. The zero-order valence-electron chi connectivity index (χ0n) is 21.1. The van der Waals surface area contributed by atoms with Crippen molar-refractivity contribution in [2.24, 2.45) is 0 Å². The molecule has 2 aromatic rings. The topological polar surface area (TPSA) is 36.0 Å². The highest BCUT2D eigenvalue weighted by Gasteiger charge is 2.37. The summed E-state index contributed by atoms with van der Waals surface area (Å²) in [5, 5.41) is 0. The van der Waals surface area contributed by atoms with E-state index in [0.717, 1.165) is 74.6 Å². The van der Waals surface area contributed by atoms with Gasteiger partial charge in [0.25, 0.3) is 5.91 Å². The van der Waals surface area contributed by atoms with Gasteiger partial charge in [0.1, 0.15) is 5.75 Å². The first-order valence-electron chi connectivity index (χ1n) is 13.3. The summed E-state index contributed by atoms with van der Waals surface area (Å²) in [6, 6.07) is 15.9. The van der Waals surface area contributed by atoms with E-state index in [1.807, 2.05) is 23.1 Å². The molecule has 2 unspecified atom stereocenters. The molecule has 186 valence electrons. The summed E-state index contributed by atoms with van der Waals surface area (Å²) in [6.45, 7) is 9.84. The molecule has 0 N–H and O–H groups in total. The zero-order valence-corrected chi connectivity index (χ0v) is 21.1. The van der Waals surface area contributed by atoms with Crippen LogP contribution in [0, 0.1) is 0 Å². The Balaban J connectivity index is 1.46. The number of ether oxygens (including phenoxy) is 1. The number of hydrogen-bond acceptors (Lipinski definition) is 4. The van der Waals surface area contributed by atoms with E-state index in [-0.39, 0.29) is 5.91 Å². The average Bonchev–Trinajstić information content (AvgIpc) is 3.19. The lowest BCUT2D eigenvalue weighted by Crippen LogP contribution is -2.39. The lowest BCUT2D eigenvalue weighted by Gasteiger charge is -2.30. The van der Waals surface area contributed by atoms with Gasteiger partial charge in [-0.05, 0) is 79.5 Å². The average molecular weight is 474 g/mol. The van der Waals surface area contributed by atoms with Crippen LogP contribution in [-0.4, -0.2) is 72.5 Å². The van der Waals surface area contributed by atoms with E-state index in [9.17, 15) is 4.79 Å². The standard InChI is InChI=1S/C30H39N3O2/c1-3-15-31-18-14-26-12-13-27(22-31)33(26)21-25-11-10-24(30(34)32-16-5-4-6-17-32)20-29(25)23-8-7-9-28(19-23)35-2/h3,7-11,19-20,26-27H,1,4-6,12-18,21-22H2,2H3. The van der Waals surface area contributed by atoms with E-state index in [2.05, 4.69) is 46.7 Å². The van der Waals surface area contributed by atoms with Crippen LogP contribution < -0.4 is 4.74 Å². The fourth-order valence-electron chi connectivity index (χ4n) is 6.23. The second-order valence-electron chi connectivity index (χ2n) is 10.4. The molecule has 0 radical (unpaired) electrons. The lowest BCUT2D eigenvalue weighted by atomic mass is 9.95. The molecule has 3 heterocycles. The molecule has 5 nitrogen and oxygen atoms in total. The molecule has 5 heteroatoms. The number of nitrogens with zero attached hydrogens (tertiary/aromatic N) is 3. The Morgan fingerprint density at radius 2 is 1.86 bits per heavy atom. The predicted molar refractivity (Wildman–Crippen MR) is 142 cm³/mol. The maximum atomic E-state index is 13.3. The molecule has 0 spiro atoms. The predicted octanol–water partition coefficient (Wildman–Crippen LogP) is 5.21. The van der Waals surface area contributed by atoms with Crippen molar-refractivity contribution >= 4 is 5.91 Å². The van der Waals surface area contributed by atoms with Gasteiger partial charge in [-0.2, -0.15) is 0 Å². The Kier molecular flexibility index (Phi) is 7.54. The number of methoxy groups -OCH3 is 1. The molecule has 0 aliphatic carbocycles. The molecule has 35 heavy (non-hydrogen) atoms. The van der Waals surface area contributed by atoms with E-state index in [1.54, 1.807) is 7.11 Å². The first-order chi connectivity index (χ1) is 17.2. The van der Waals surface area contributed by atoms with Crippen LogP contribution in [0.3, 0.4) is 0 Å². The number of carbonyl (C=O) groups excluding carboxylic acids is 1. The number of carbonyl (C=O) groups is 1. The Morgan fingerprint density at radius 3 is 2.66 bits per heavy atom. The molecular formula is C30H39N3O2. The van der Waals surface area contributed by atoms with Crippen LogP contribution in [0.5, 0.6) is 5.75 Å². The summed E-state index contributed by atoms with van der Waals surface area (Å²) < 4.78 is 5.54. The van der Waals surface area contributed by atoms with Crippen molar-refractivity contribution in [1.82, 2.24) is 14.7 Å². The maximum absolute atomic E-state index is 13.3.